The van der Waals surface area contributed by atoms with E-state index < -0.39 is 11.9 Å². The number of nitrogens with one attached hydrogen (secondary N) is 1. The molecule has 2 atom stereocenters. The van der Waals surface area contributed by atoms with Crippen molar-refractivity contribution in [2.45, 2.75) is 19.8 Å². The summed E-state index contributed by atoms with van der Waals surface area (Å²) in [6.45, 7) is 2.43. The molecule has 1 aliphatic carbocycles. The summed E-state index contributed by atoms with van der Waals surface area (Å²) in [4.78, 5) is 26.9. The Balaban J connectivity index is 1.49. The van der Waals surface area contributed by atoms with Gasteiger partial charge in [-0.1, -0.05) is 17.7 Å². The lowest BCUT2D eigenvalue weighted by Gasteiger charge is -2.02. The highest BCUT2D eigenvalue weighted by Gasteiger charge is 2.48. The lowest BCUT2D eigenvalue weighted by molar-refractivity contribution is -0.140. The molecular weight excluding hydrogens is 296 g/mol. The monoisotopic (exact) mass is 314 g/mol. The van der Waals surface area contributed by atoms with Crippen molar-refractivity contribution >= 4 is 11.9 Å². The maximum atomic E-state index is 11.8. The van der Waals surface area contributed by atoms with Crippen LogP contribution in [0.25, 0.3) is 11.5 Å². The molecule has 1 fully saturated rings. The number of amides is 1. The van der Waals surface area contributed by atoms with E-state index in [1.54, 1.807) is 6.26 Å². The summed E-state index contributed by atoms with van der Waals surface area (Å²) in [5.41, 5.74) is 2.84. The number of hydrogen-bond donors (Lipinski definition) is 2. The number of aromatic nitrogens is 1. The molecule has 0 saturated heterocycles. The highest BCUT2D eigenvalue weighted by Crippen LogP contribution is 2.38. The molecule has 120 valence electrons. The summed E-state index contributed by atoms with van der Waals surface area (Å²) in [5, 5.41) is 11.6. The van der Waals surface area contributed by atoms with Crippen LogP contribution in [0, 0.1) is 18.8 Å². The summed E-state index contributed by atoms with van der Waals surface area (Å²) in [5.74, 6) is -1.44. The highest BCUT2D eigenvalue weighted by atomic mass is 16.4. The largest absolute Gasteiger partial charge is 0.481 e. The molecule has 1 saturated carbocycles. The van der Waals surface area contributed by atoms with Gasteiger partial charge in [0, 0.05) is 18.5 Å². The normalized spacial score (nSPS) is 19.3. The number of rotatable bonds is 6. The molecule has 23 heavy (non-hydrogen) atoms. The van der Waals surface area contributed by atoms with Gasteiger partial charge in [-0.25, -0.2) is 4.98 Å². The molecule has 0 unspecified atom stereocenters. The Morgan fingerprint density at radius 3 is 2.70 bits per heavy atom. The van der Waals surface area contributed by atoms with Crippen LogP contribution in [0.2, 0.25) is 0 Å². The van der Waals surface area contributed by atoms with Crippen molar-refractivity contribution in [2.24, 2.45) is 11.8 Å². The molecule has 6 nitrogen and oxygen atoms in total. The Labute approximate surface area is 133 Å². The average molecular weight is 314 g/mol. The molecule has 0 bridgehead atoms. The van der Waals surface area contributed by atoms with Gasteiger partial charge in [0.05, 0.1) is 17.5 Å². The maximum absolute atomic E-state index is 11.8. The summed E-state index contributed by atoms with van der Waals surface area (Å²) in [7, 11) is 0. The van der Waals surface area contributed by atoms with E-state index in [1.807, 2.05) is 31.2 Å². The molecule has 2 N–H and O–H groups in total. The van der Waals surface area contributed by atoms with Crippen molar-refractivity contribution in [3.05, 3.63) is 41.8 Å². The Bertz CT molecular complexity index is 720. The lowest BCUT2D eigenvalue weighted by Crippen LogP contribution is -2.28. The van der Waals surface area contributed by atoms with E-state index in [1.165, 1.54) is 5.56 Å². The van der Waals surface area contributed by atoms with Crippen LogP contribution < -0.4 is 5.32 Å². The molecule has 1 aromatic carbocycles. The molecule has 0 spiro atoms. The van der Waals surface area contributed by atoms with E-state index in [0.717, 1.165) is 11.3 Å². The zero-order chi connectivity index (χ0) is 16.4. The second kappa shape index (κ2) is 6.24. The maximum Gasteiger partial charge on any atom is 0.307 e. The first-order chi connectivity index (χ1) is 11.0. The van der Waals surface area contributed by atoms with Gasteiger partial charge in [-0.3, -0.25) is 9.59 Å². The van der Waals surface area contributed by atoms with Crippen LogP contribution in [0.15, 0.2) is 34.9 Å². The van der Waals surface area contributed by atoms with Gasteiger partial charge in [-0.2, -0.15) is 0 Å². The molecule has 1 heterocycles. The van der Waals surface area contributed by atoms with Crippen LogP contribution in [0.4, 0.5) is 0 Å². The van der Waals surface area contributed by atoms with Crippen LogP contribution in [0.1, 0.15) is 17.7 Å². The molecule has 6 heteroatoms. The van der Waals surface area contributed by atoms with Crippen LogP contribution in [-0.4, -0.2) is 28.5 Å². The first-order valence-electron chi connectivity index (χ1n) is 7.56. The minimum atomic E-state index is -0.899. The minimum Gasteiger partial charge on any atom is -0.481 e. The van der Waals surface area contributed by atoms with Crippen molar-refractivity contribution in [1.29, 1.82) is 0 Å². The predicted octanol–water partition coefficient (Wildman–Crippen LogP) is 2.03. The van der Waals surface area contributed by atoms with E-state index in [2.05, 4.69) is 10.3 Å². The predicted molar refractivity (Wildman–Crippen MR) is 82.6 cm³/mol. The number of carbonyl (C=O) groups excluding carboxylic acids is 1. The number of oxazole rings is 1. The Hall–Kier alpha value is -2.63. The van der Waals surface area contributed by atoms with E-state index in [-0.39, 0.29) is 11.8 Å². The topological polar surface area (TPSA) is 92.4 Å². The van der Waals surface area contributed by atoms with Crippen molar-refractivity contribution in [3.8, 4) is 11.5 Å². The van der Waals surface area contributed by atoms with Gasteiger partial charge >= 0.3 is 5.97 Å². The number of carboxylic acids is 1. The average Bonchev–Trinajstić information content (AvgIpc) is 3.21. The fourth-order valence-corrected chi connectivity index (χ4v) is 2.45. The SMILES string of the molecule is Cc1ccc(-c2nc(CCNC(=O)[C@@H]3C[C@@H]3C(=O)O)co2)cc1. The van der Waals surface area contributed by atoms with Crippen LogP contribution >= 0.6 is 0 Å². The van der Waals surface area contributed by atoms with Gasteiger partial charge in [0.1, 0.15) is 6.26 Å². The molecule has 2 aromatic rings. The van der Waals surface area contributed by atoms with E-state index in [0.29, 0.717) is 25.3 Å². The quantitative estimate of drug-likeness (QED) is 0.851. The van der Waals surface area contributed by atoms with Crippen molar-refractivity contribution in [3.63, 3.8) is 0 Å². The number of carbonyl (C=O) groups is 2. The van der Waals surface area contributed by atoms with Gasteiger partial charge in [-0.15, -0.1) is 0 Å². The molecule has 0 aliphatic heterocycles. The van der Waals surface area contributed by atoms with Crippen molar-refractivity contribution in [1.82, 2.24) is 10.3 Å². The first-order valence-corrected chi connectivity index (χ1v) is 7.56. The Morgan fingerprint density at radius 2 is 2.04 bits per heavy atom. The second-order valence-corrected chi connectivity index (χ2v) is 5.84. The van der Waals surface area contributed by atoms with Gasteiger partial charge in [-0.05, 0) is 25.5 Å². The number of nitrogens with zero attached hydrogens (tertiary/aromatic N) is 1. The summed E-state index contributed by atoms with van der Waals surface area (Å²) in [6, 6.07) is 7.89. The Kier molecular flexibility index (Phi) is 4.14. The van der Waals surface area contributed by atoms with E-state index in [4.69, 9.17) is 9.52 Å². The van der Waals surface area contributed by atoms with Crippen molar-refractivity contribution in [2.75, 3.05) is 6.54 Å². The third kappa shape index (κ3) is 3.59. The van der Waals surface area contributed by atoms with E-state index in [9.17, 15) is 9.59 Å². The van der Waals surface area contributed by atoms with Crippen molar-refractivity contribution < 1.29 is 19.1 Å². The highest BCUT2D eigenvalue weighted by molar-refractivity contribution is 5.89. The molecule has 0 radical (unpaired) electrons. The van der Waals surface area contributed by atoms with Gasteiger partial charge in [0.25, 0.3) is 0 Å². The number of benzene rings is 1. The van der Waals surface area contributed by atoms with Gasteiger partial charge in [0.2, 0.25) is 11.8 Å². The fraction of sp³-hybridized carbons (Fsp3) is 0.353. The summed E-state index contributed by atoms with van der Waals surface area (Å²) < 4.78 is 5.45. The summed E-state index contributed by atoms with van der Waals surface area (Å²) >= 11 is 0. The lowest BCUT2D eigenvalue weighted by atomic mass is 10.1. The number of aryl methyl sites for hydroxylation is 1. The van der Waals surface area contributed by atoms with E-state index >= 15 is 0 Å². The zero-order valence-corrected chi connectivity index (χ0v) is 12.8. The third-order valence-electron chi connectivity index (χ3n) is 3.98. The fourth-order valence-electron chi connectivity index (χ4n) is 2.45. The number of aliphatic carboxylic acids is 1. The van der Waals surface area contributed by atoms with Crippen LogP contribution in [0.3, 0.4) is 0 Å². The smallest absolute Gasteiger partial charge is 0.307 e. The molecular formula is C17H18N2O4. The first kappa shape index (κ1) is 15.3. The van der Waals surface area contributed by atoms with Crippen LogP contribution in [0.5, 0.6) is 0 Å². The molecule has 1 aliphatic rings. The third-order valence-corrected chi connectivity index (χ3v) is 3.98. The zero-order valence-electron chi connectivity index (χ0n) is 12.8. The summed E-state index contributed by atoms with van der Waals surface area (Å²) in [6.07, 6.45) is 2.56. The number of hydrogen-bond acceptors (Lipinski definition) is 4. The number of carboxylic acid groups (broad SMARTS) is 1. The van der Waals surface area contributed by atoms with Crippen LogP contribution in [-0.2, 0) is 16.0 Å². The van der Waals surface area contributed by atoms with Gasteiger partial charge in [0.15, 0.2) is 0 Å². The standard InChI is InChI=1S/C17H18N2O4/c1-10-2-4-11(5-3-10)16-19-12(9-23-16)6-7-18-15(20)13-8-14(13)17(21)22/h2-5,9,13-14H,6-8H2,1H3,(H,18,20)(H,21,22)/t13-,14+/m1/s1. The minimum absolute atomic E-state index is 0.195. The van der Waals surface area contributed by atoms with Gasteiger partial charge < -0.3 is 14.8 Å². The molecule has 1 amide bonds. The Morgan fingerprint density at radius 1 is 1.30 bits per heavy atom. The molecule has 3 rings (SSSR count). The molecule has 1 aromatic heterocycles. The second-order valence-electron chi connectivity index (χ2n) is 5.84.